The number of ether oxygens (including phenoxy) is 2. The van der Waals surface area contributed by atoms with Gasteiger partial charge in [0.2, 0.25) is 0 Å². The molecule has 0 aliphatic carbocycles. The lowest BCUT2D eigenvalue weighted by molar-refractivity contribution is -0.307. The molecule has 0 radical (unpaired) electrons. The summed E-state index contributed by atoms with van der Waals surface area (Å²) in [7, 11) is 1.40. The fraction of sp³-hybridized carbons (Fsp3) is 0.200. The Balaban J connectivity index is 2.20. The van der Waals surface area contributed by atoms with Crippen LogP contribution in [0.5, 0.6) is 17.2 Å². The number of ketones is 1. The van der Waals surface area contributed by atoms with Crippen molar-refractivity contribution in [3.63, 3.8) is 0 Å². The Morgan fingerprint density at radius 3 is 2.35 bits per heavy atom. The molecule has 0 amide bonds. The maximum atomic E-state index is 12.4. The molecule has 0 bridgehead atoms. The molecular formula is C20H19O6-. The van der Waals surface area contributed by atoms with Gasteiger partial charge in [0.1, 0.15) is 12.4 Å². The molecule has 2 aromatic carbocycles. The number of phenols is 1. The fourth-order valence-corrected chi connectivity index (χ4v) is 2.43. The van der Waals surface area contributed by atoms with Gasteiger partial charge in [-0.1, -0.05) is 6.08 Å². The minimum Gasteiger partial charge on any atom is -0.546 e. The summed E-state index contributed by atoms with van der Waals surface area (Å²) in [6.45, 7) is 2.97. The lowest BCUT2D eigenvalue weighted by atomic mass is 10.0. The Kier molecular flexibility index (Phi) is 6.01. The molecule has 0 saturated heterocycles. The van der Waals surface area contributed by atoms with Gasteiger partial charge < -0.3 is 24.5 Å². The van der Waals surface area contributed by atoms with Crippen molar-refractivity contribution in [2.45, 2.75) is 13.8 Å². The summed E-state index contributed by atoms with van der Waals surface area (Å²) in [5, 5.41) is 20.3. The number of aliphatic carboxylic acids is 1. The van der Waals surface area contributed by atoms with E-state index in [4.69, 9.17) is 9.47 Å². The molecule has 0 spiro atoms. The Morgan fingerprint density at radius 2 is 1.77 bits per heavy atom. The third-order valence-electron chi connectivity index (χ3n) is 3.73. The first-order valence-corrected chi connectivity index (χ1v) is 7.85. The van der Waals surface area contributed by atoms with Crippen LogP contribution in [0, 0.1) is 13.8 Å². The van der Waals surface area contributed by atoms with Crippen LogP contribution in [-0.2, 0) is 4.79 Å². The predicted octanol–water partition coefficient (Wildman–Crippen LogP) is 2.04. The highest BCUT2D eigenvalue weighted by Crippen LogP contribution is 2.28. The molecule has 0 heterocycles. The molecule has 0 aliphatic rings. The van der Waals surface area contributed by atoms with Crippen LogP contribution in [0.3, 0.4) is 0 Å². The fourth-order valence-electron chi connectivity index (χ4n) is 2.43. The number of carbonyl (C=O) groups excluding carboxylic acids is 2. The smallest absolute Gasteiger partial charge is 0.185 e. The molecule has 6 nitrogen and oxygen atoms in total. The molecule has 2 rings (SSSR count). The van der Waals surface area contributed by atoms with Gasteiger partial charge >= 0.3 is 0 Å². The first kappa shape index (κ1) is 19.1. The highest BCUT2D eigenvalue weighted by molar-refractivity contribution is 6.07. The van der Waals surface area contributed by atoms with Crippen LogP contribution in [0.4, 0.5) is 0 Å². The normalized spacial score (nSPS) is 10.7. The number of carboxylic acid groups (broad SMARTS) is 1. The van der Waals surface area contributed by atoms with Crippen LogP contribution in [-0.4, -0.2) is 30.6 Å². The molecule has 0 atom stereocenters. The Bertz CT molecular complexity index is 844. The van der Waals surface area contributed by atoms with Crippen LogP contribution in [0.2, 0.25) is 0 Å². The Labute approximate surface area is 151 Å². The summed E-state index contributed by atoms with van der Waals surface area (Å²) >= 11 is 0. The van der Waals surface area contributed by atoms with E-state index in [-0.39, 0.29) is 23.0 Å². The van der Waals surface area contributed by atoms with Crippen LogP contribution in [0.15, 0.2) is 36.4 Å². The van der Waals surface area contributed by atoms with Crippen molar-refractivity contribution >= 4 is 17.8 Å². The van der Waals surface area contributed by atoms with Gasteiger partial charge in [0, 0.05) is 5.56 Å². The monoisotopic (exact) mass is 355 g/mol. The first-order valence-electron chi connectivity index (χ1n) is 7.85. The molecule has 0 aromatic heterocycles. The lowest BCUT2D eigenvalue weighted by Gasteiger charge is -2.11. The number of allylic oxidation sites excluding steroid dienone is 1. The number of aryl methyl sites for hydroxylation is 2. The van der Waals surface area contributed by atoms with E-state index in [0.717, 1.165) is 16.7 Å². The quantitative estimate of drug-likeness (QED) is 0.603. The van der Waals surface area contributed by atoms with Gasteiger partial charge in [-0.2, -0.15) is 0 Å². The van der Waals surface area contributed by atoms with Crippen molar-refractivity contribution in [1.82, 2.24) is 0 Å². The second kappa shape index (κ2) is 8.20. The summed E-state index contributed by atoms with van der Waals surface area (Å²) in [4.78, 5) is 22.8. The molecular weight excluding hydrogens is 336 g/mol. The summed E-state index contributed by atoms with van der Waals surface area (Å²) in [6.07, 6.45) is 3.08. The highest BCUT2D eigenvalue weighted by Gasteiger charge is 2.10. The average Bonchev–Trinajstić information content (AvgIpc) is 2.61. The van der Waals surface area contributed by atoms with Gasteiger partial charge in [-0.3, -0.25) is 4.79 Å². The van der Waals surface area contributed by atoms with Gasteiger partial charge in [-0.05, 0) is 66.9 Å². The van der Waals surface area contributed by atoms with Crippen molar-refractivity contribution < 1.29 is 29.3 Å². The van der Waals surface area contributed by atoms with E-state index < -0.39 is 12.6 Å². The van der Waals surface area contributed by atoms with E-state index in [0.29, 0.717) is 5.56 Å². The number of rotatable bonds is 7. The second-order valence-corrected chi connectivity index (χ2v) is 5.73. The Hall–Kier alpha value is -3.28. The van der Waals surface area contributed by atoms with Crippen molar-refractivity contribution in [3.05, 3.63) is 58.7 Å². The Morgan fingerprint density at radius 1 is 1.12 bits per heavy atom. The number of phenolic OH excluding ortho intramolecular Hbond substituents is 1. The number of methoxy groups -OCH3 is 1. The van der Waals surface area contributed by atoms with Crippen LogP contribution in [0.1, 0.15) is 27.0 Å². The van der Waals surface area contributed by atoms with Crippen LogP contribution in [0.25, 0.3) is 6.08 Å². The number of hydrogen-bond donors (Lipinski definition) is 1. The molecule has 0 saturated carbocycles. The number of carbonyl (C=O) groups is 2. The number of hydrogen-bond acceptors (Lipinski definition) is 6. The molecule has 0 unspecified atom stereocenters. The summed E-state index contributed by atoms with van der Waals surface area (Å²) in [5.74, 6) is -0.901. The zero-order valence-corrected chi connectivity index (χ0v) is 14.7. The topological polar surface area (TPSA) is 95.9 Å². The standard InChI is InChI=1S/C20H20O6/c1-12-8-14(9-13(2)20(12)24)4-6-16(21)15-5-7-17(18(10-15)25-3)26-11-19(22)23/h4-10,24H,11H2,1-3H3,(H,22,23)/p-1/b6-4+. The number of aromatic hydroxyl groups is 1. The highest BCUT2D eigenvalue weighted by atomic mass is 16.5. The summed E-state index contributed by atoms with van der Waals surface area (Å²) in [6, 6.07) is 8.03. The molecule has 136 valence electrons. The number of benzene rings is 2. The molecule has 6 heteroatoms. The van der Waals surface area contributed by atoms with Gasteiger partial charge in [0.15, 0.2) is 17.3 Å². The van der Waals surface area contributed by atoms with Crippen LogP contribution < -0.4 is 14.6 Å². The van der Waals surface area contributed by atoms with Gasteiger partial charge in [-0.15, -0.1) is 0 Å². The van der Waals surface area contributed by atoms with E-state index in [1.54, 1.807) is 32.1 Å². The molecule has 1 N–H and O–H groups in total. The SMILES string of the molecule is COc1cc(C(=O)/C=C/c2cc(C)c(O)c(C)c2)ccc1OCC(=O)[O-]. The molecule has 26 heavy (non-hydrogen) atoms. The molecule has 0 fully saturated rings. The zero-order valence-electron chi connectivity index (χ0n) is 14.7. The average molecular weight is 355 g/mol. The zero-order chi connectivity index (χ0) is 19.3. The van der Waals surface area contributed by atoms with E-state index in [2.05, 4.69) is 0 Å². The van der Waals surface area contributed by atoms with E-state index in [1.807, 2.05) is 0 Å². The largest absolute Gasteiger partial charge is 0.546 e. The second-order valence-electron chi connectivity index (χ2n) is 5.73. The van der Waals surface area contributed by atoms with E-state index >= 15 is 0 Å². The molecule has 0 aliphatic heterocycles. The lowest BCUT2D eigenvalue weighted by Crippen LogP contribution is -2.29. The maximum absolute atomic E-state index is 12.4. The van der Waals surface area contributed by atoms with Crippen molar-refractivity contribution in [1.29, 1.82) is 0 Å². The first-order chi connectivity index (χ1) is 12.3. The van der Waals surface area contributed by atoms with Gasteiger partial charge in [0.25, 0.3) is 0 Å². The van der Waals surface area contributed by atoms with Crippen LogP contribution >= 0.6 is 0 Å². The van der Waals surface area contributed by atoms with Gasteiger partial charge in [0.05, 0.1) is 13.1 Å². The van der Waals surface area contributed by atoms with E-state index in [1.165, 1.54) is 31.4 Å². The van der Waals surface area contributed by atoms with Crippen molar-refractivity contribution in [2.24, 2.45) is 0 Å². The minimum absolute atomic E-state index is 0.210. The van der Waals surface area contributed by atoms with Crippen molar-refractivity contribution in [3.8, 4) is 17.2 Å². The maximum Gasteiger partial charge on any atom is 0.185 e. The van der Waals surface area contributed by atoms with Crippen molar-refractivity contribution in [2.75, 3.05) is 13.7 Å². The summed E-state index contributed by atoms with van der Waals surface area (Å²) in [5.41, 5.74) is 2.62. The van der Waals surface area contributed by atoms with Gasteiger partial charge in [-0.25, -0.2) is 0 Å². The minimum atomic E-state index is -1.35. The predicted molar refractivity (Wildman–Crippen MR) is 94.4 cm³/mol. The third kappa shape index (κ3) is 4.63. The van der Waals surface area contributed by atoms with E-state index in [9.17, 15) is 19.8 Å². The summed E-state index contributed by atoms with van der Waals surface area (Å²) < 4.78 is 10.2. The third-order valence-corrected chi connectivity index (χ3v) is 3.73. The number of carboxylic acids is 1. The molecule has 2 aromatic rings.